The second kappa shape index (κ2) is 66.4. The normalized spacial score (nSPS) is 12.5. The fourth-order valence-electron chi connectivity index (χ4n) is 9.88. The fraction of sp³-hybridized carbons (Fsp3) is 0.792. The molecule has 6 nitrogen and oxygen atoms in total. The van der Waals surface area contributed by atoms with Gasteiger partial charge in [-0.05, 0) is 89.9 Å². The zero-order chi connectivity index (χ0) is 56.4. The van der Waals surface area contributed by atoms with Gasteiger partial charge in [0.05, 0.1) is 0 Å². The number of hydrogen-bond acceptors (Lipinski definition) is 6. The molecule has 0 spiro atoms. The molecule has 452 valence electrons. The average molecular weight is 1090 g/mol. The number of allylic oxidation sites excluding steroid dienone is 12. The molecule has 1 unspecified atom stereocenters. The summed E-state index contributed by atoms with van der Waals surface area (Å²) in [6, 6.07) is 0. The minimum absolute atomic E-state index is 0.0763. The lowest BCUT2D eigenvalue weighted by Gasteiger charge is -2.18. The molecule has 0 amide bonds. The van der Waals surface area contributed by atoms with Crippen LogP contribution in [-0.4, -0.2) is 37.2 Å². The Hall–Kier alpha value is -3.15. The molecule has 0 aliphatic rings. The van der Waals surface area contributed by atoms with Crippen LogP contribution in [0, 0.1) is 0 Å². The zero-order valence-corrected chi connectivity index (χ0v) is 51.9. The minimum atomic E-state index is -0.781. The summed E-state index contributed by atoms with van der Waals surface area (Å²) in [6.07, 6.45) is 86.3. The van der Waals surface area contributed by atoms with Gasteiger partial charge in [-0.3, -0.25) is 14.4 Å². The van der Waals surface area contributed by atoms with Crippen LogP contribution in [0.25, 0.3) is 0 Å². The zero-order valence-electron chi connectivity index (χ0n) is 51.9. The highest BCUT2D eigenvalue weighted by Gasteiger charge is 2.19. The van der Waals surface area contributed by atoms with Crippen molar-refractivity contribution in [3.8, 4) is 0 Å². The number of rotatable bonds is 62. The second-order valence-electron chi connectivity index (χ2n) is 22.7. The first kappa shape index (κ1) is 74.8. The van der Waals surface area contributed by atoms with Crippen LogP contribution in [0.1, 0.15) is 348 Å². The van der Waals surface area contributed by atoms with E-state index < -0.39 is 6.10 Å². The lowest BCUT2D eigenvalue weighted by Crippen LogP contribution is -2.30. The third kappa shape index (κ3) is 63.7. The maximum absolute atomic E-state index is 12.9. The molecular formula is C72H128O6. The van der Waals surface area contributed by atoms with Crippen molar-refractivity contribution >= 4 is 17.9 Å². The van der Waals surface area contributed by atoms with Gasteiger partial charge in [0.25, 0.3) is 0 Å². The van der Waals surface area contributed by atoms with Gasteiger partial charge < -0.3 is 14.2 Å². The summed E-state index contributed by atoms with van der Waals surface area (Å²) in [6.45, 7) is 6.56. The van der Waals surface area contributed by atoms with E-state index in [0.29, 0.717) is 19.3 Å². The highest BCUT2D eigenvalue weighted by molar-refractivity contribution is 5.71. The third-order valence-electron chi connectivity index (χ3n) is 14.9. The number of unbranched alkanes of at least 4 members (excludes halogenated alkanes) is 39. The van der Waals surface area contributed by atoms with Crippen molar-refractivity contribution < 1.29 is 28.6 Å². The molecule has 78 heavy (non-hydrogen) atoms. The first-order chi connectivity index (χ1) is 38.5. The predicted molar refractivity (Wildman–Crippen MR) is 339 cm³/mol. The monoisotopic (exact) mass is 1090 g/mol. The van der Waals surface area contributed by atoms with Crippen molar-refractivity contribution in [1.82, 2.24) is 0 Å². The van der Waals surface area contributed by atoms with Crippen LogP contribution in [0.15, 0.2) is 72.9 Å². The lowest BCUT2D eigenvalue weighted by molar-refractivity contribution is -0.167. The Morgan fingerprint density at radius 1 is 0.269 bits per heavy atom. The predicted octanol–water partition coefficient (Wildman–Crippen LogP) is 23.3. The summed E-state index contributed by atoms with van der Waals surface area (Å²) in [5, 5.41) is 0. The molecule has 6 heteroatoms. The van der Waals surface area contributed by atoms with E-state index in [1.807, 2.05) is 0 Å². The van der Waals surface area contributed by atoms with Crippen LogP contribution in [0.2, 0.25) is 0 Å². The standard InChI is InChI=1S/C72H128O6/c1-4-7-10-13-16-19-22-25-27-29-31-33-35-36-38-39-41-43-45-47-50-53-56-59-62-65-71(74)77-68-69(67-76-70(73)64-61-58-55-52-49-24-21-18-15-12-9-6-3)78-72(75)66-63-60-57-54-51-48-46-44-42-40-37-34-32-30-28-26-23-20-17-14-11-8-5-2/h8,11,17,20,26,28-29,31-32,34,40,42,69H,4-7,9-10,12-16,18-19,21-25,27,30,33,35-39,41,43-68H2,1-3H3/b11-8-,20-17-,28-26-,31-29-,34-32-,42-40-. The van der Waals surface area contributed by atoms with Gasteiger partial charge in [0.2, 0.25) is 0 Å². The summed E-state index contributed by atoms with van der Waals surface area (Å²) < 4.78 is 17.0. The molecule has 0 N–H and O–H groups in total. The number of esters is 3. The molecule has 0 radical (unpaired) electrons. The second-order valence-corrected chi connectivity index (χ2v) is 22.7. The molecule has 0 heterocycles. The Morgan fingerprint density at radius 3 is 0.795 bits per heavy atom. The van der Waals surface area contributed by atoms with Crippen molar-refractivity contribution in [2.75, 3.05) is 13.2 Å². The van der Waals surface area contributed by atoms with Crippen molar-refractivity contribution in [2.24, 2.45) is 0 Å². The first-order valence-electron chi connectivity index (χ1n) is 33.9. The molecule has 0 aliphatic heterocycles. The molecule has 0 rings (SSSR count). The summed E-state index contributed by atoms with van der Waals surface area (Å²) in [5.41, 5.74) is 0. The van der Waals surface area contributed by atoms with Gasteiger partial charge in [-0.25, -0.2) is 0 Å². The summed E-state index contributed by atoms with van der Waals surface area (Å²) in [4.78, 5) is 38.4. The fourth-order valence-corrected chi connectivity index (χ4v) is 9.88. The summed E-state index contributed by atoms with van der Waals surface area (Å²) >= 11 is 0. The molecule has 0 aliphatic carbocycles. The van der Waals surface area contributed by atoms with Gasteiger partial charge in [-0.2, -0.15) is 0 Å². The molecule has 0 aromatic carbocycles. The van der Waals surface area contributed by atoms with E-state index in [0.717, 1.165) is 96.3 Å². The number of ether oxygens (including phenoxy) is 3. The van der Waals surface area contributed by atoms with Crippen molar-refractivity contribution in [1.29, 1.82) is 0 Å². The van der Waals surface area contributed by atoms with Crippen LogP contribution < -0.4 is 0 Å². The quantitative estimate of drug-likeness (QED) is 0.0261. The van der Waals surface area contributed by atoms with E-state index in [-0.39, 0.29) is 31.1 Å². The average Bonchev–Trinajstić information content (AvgIpc) is 3.44. The maximum Gasteiger partial charge on any atom is 0.306 e. The van der Waals surface area contributed by atoms with Crippen molar-refractivity contribution in [3.05, 3.63) is 72.9 Å². The van der Waals surface area contributed by atoms with Crippen LogP contribution in [0.3, 0.4) is 0 Å². The smallest absolute Gasteiger partial charge is 0.306 e. The van der Waals surface area contributed by atoms with Crippen molar-refractivity contribution in [2.45, 2.75) is 354 Å². The maximum atomic E-state index is 12.9. The Balaban J connectivity index is 4.28. The Morgan fingerprint density at radius 2 is 0.500 bits per heavy atom. The molecule has 0 saturated carbocycles. The highest BCUT2D eigenvalue weighted by Crippen LogP contribution is 2.17. The largest absolute Gasteiger partial charge is 0.462 e. The van der Waals surface area contributed by atoms with Crippen LogP contribution in [0.4, 0.5) is 0 Å². The molecule has 0 bridgehead atoms. The van der Waals surface area contributed by atoms with E-state index >= 15 is 0 Å². The van der Waals surface area contributed by atoms with Crippen LogP contribution >= 0.6 is 0 Å². The van der Waals surface area contributed by atoms with E-state index in [1.54, 1.807) is 0 Å². The summed E-state index contributed by atoms with van der Waals surface area (Å²) in [7, 11) is 0. The van der Waals surface area contributed by atoms with Crippen molar-refractivity contribution in [3.63, 3.8) is 0 Å². The third-order valence-corrected chi connectivity index (χ3v) is 14.9. The van der Waals surface area contributed by atoms with E-state index in [9.17, 15) is 14.4 Å². The number of carbonyl (C=O) groups is 3. The SMILES string of the molecule is CC/C=C\C/C=C\C/C=C\C/C=C\C/C=C\CCCCCCCCCC(=O)OC(COC(=O)CCCCCCCCCCCCCC)COC(=O)CCCCCCCCCCCCCCC/C=C\CCCCCCCCCC. The summed E-state index contributed by atoms with van der Waals surface area (Å²) in [5.74, 6) is -0.869. The van der Waals surface area contributed by atoms with E-state index in [4.69, 9.17) is 14.2 Å². The number of hydrogen-bond donors (Lipinski definition) is 0. The Bertz CT molecular complexity index is 1440. The van der Waals surface area contributed by atoms with Gasteiger partial charge in [0.1, 0.15) is 13.2 Å². The number of carbonyl (C=O) groups excluding carboxylic acids is 3. The first-order valence-corrected chi connectivity index (χ1v) is 33.9. The lowest BCUT2D eigenvalue weighted by atomic mass is 10.0. The van der Waals surface area contributed by atoms with Crippen LogP contribution in [-0.2, 0) is 28.6 Å². The topological polar surface area (TPSA) is 78.9 Å². The van der Waals surface area contributed by atoms with Gasteiger partial charge in [0, 0.05) is 19.3 Å². The van der Waals surface area contributed by atoms with E-state index in [2.05, 4.69) is 93.7 Å². The Kier molecular flexibility index (Phi) is 63.7. The molecule has 1 atom stereocenters. The molecule has 0 saturated heterocycles. The molecule has 0 aromatic heterocycles. The van der Waals surface area contributed by atoms with E-state index in [1.165, 1.54) is 212 Å². The van der Waals surface area contributed by atoms with Gasteiger partial charge in [0.15, 0.2) is 6.10 Å². The van der Waals surface area contributed by atoms with Gasteiger partial charge in [-0.15, -0.1) is 0 Å². The molecular weight excluding hydrogens is 961 g/mol. The highest BCUT2D eigenvalue weighted by atomic mass is 16.6. The van der Waals surface area contributed by atoms with Crippen LogP contribution in [0.5, 0.6) is 0 Å². The molecule has 0 fully saturated rings. The van der Waals surface area contributed by atoms with Gasteiger partial charge in [-0.1, -0.05) is 312 Å². The van der Waals surface area contributed by atoms with Gasteiger partial charge >= 0.3 is 17.9 Å². The minimum Gasteiger partial charge on any atom is -0.462 e. The Labute approximate surface area is 484 Å². The molecule has 0 aromatic rings.